The molecule has 1 fully saturated rings. The van der Waals surface area contributed by atoms with E-state index in [0.717, 1.165) is 55.5 Å². The van der Waals surface area contributed by atoms with Gasteiger partial charge in [0.05, 0.1) is 18.4 Å². The van der Waals surface area contributed by atoms with Crippen LogP contribution in [-0.4, -0.2) is 48.2 Å². The molecule has 0 saturated carbocycles. The summed E-state index contributed by atoms with van der Waals surface area (Å²) >= 11 is 0. The van der Waals surface area contributed by atoms with Crippen molar-refractivity contribution >= 4 is 5.82 Å². The van der Waals surface area contributed by atoms with Gasteiger partial charge >= 0.3 is 0 Å². The van der Waals surface area contributed by atoms with Gasteiger partial charge in [0.1, 0.15) is 23.9 Å². The van der Waals surface area contributed by atoms with E-state index in [2.05, 4.69) is 25.8 Å². The average Bonchev–Trinajstić information content (AvgIpc) is 3.23. The number of rotatable bonds is 5. The van der Waals surface area contributed by atoms with Crippen molar-refractivity contribution in [3.8, 4) is 23.3 Å². The topological polar surface area (TPSA) is 78.4 Å². The van der Waals surface area contributed by atoms with Crippen LogP contribution in [0.2, 0.25) is 0 Å². The monoisotopic (exact) mass is 375 g/mol. The zero-order chi connectivity index (χ0) is 19.3. The molecule has 1 aliphatic rings. The Labute approximate surface area is 163 Å². The summed E-state index contributed by atoms with van der Waals surface area (Å²) in [6.07, 6.45) is 3.46. The van der Waals surface area contributed by atoms with E-state index in [9.17, 15) is 5.26 Å². The molecule has 7 heteroatoms. The fourth-order valence-electron chi connectivity index (χ4n) is 3.33. The summed E-state index contributed by atoms with van der Waals surface area (Å²) in [4.78, 5) is 13.5. The number of hydrogen-bond donors (Lipinski definition) is 0. The normalized spacial score (nSPS) is 14.6. The van der Waals surface area contributed by atoms with Gasteiger partial charge in [0.25, 0.3) is 0 Å². The third-order valence-corrected chi connectivity index (χ3v) is 4.85. The minimum Gasteiger partial charge on any atom is -0.497 e. The molecule has 1 aliphatic heterocycles. The zero-order valence-electron chi connectivity index (χ0n) is 15.7. The second kappa shape index (κ2) is 8.11. The first-order valence-electron chi connectivity index (χ1n) is 9.18. The highest BCUT2D eigenvalue weighted by Gasteiger charge is 2.21. The highest BCUT2D eigenvalue weighted by molar-refractivity contribution is 5.55. The van der Waals surface area contributed by atoms with E-state index in [0.29, 0.717) is 11.5 Å². The molecule has 0 atom stereocenters. The van der Waals surface area contributed by atoms with Crippen molar-refractivity contribution in [3.05, 3.63) is 60.1 Å². The number of hydrogen-bond acceptors (Lipinski definition) is 7. The fraction of sp³-hybridized carbons (Fsp3) is 0.286. The Morgan fingerprint density at radius 3 is 2.64 bits per heavy atom. The smallest absolute Gasteiger partial charge is 0.226 e. The third kappa shape index (κ3) is 3.82. The Morgan fingerprint density at radius 1 is 1.14 bits per heavy atom. The molecule has 4 rings (SSSR count). The van der Waals surface area contributed by atoms with Gasteiger partial charge in [-0.25, -0.2) is 9.97 Å². The first-order chi connectivity index (χ1) is 13.8. The van der Waals surface area contributed by atoms with E-state index in [-0.39, 0.29) is 0 Å². The first-order valence-corrected chi connectivity index (χ1v) is 9.18. The Hall–Kier alpha value is -3.37. The van der Waals surface area contributed by atoms with E-state index < -0.39 is 0 Å². The number of aromatic nitrogens is 2. The third-order valence-electron chi connectivity index (χ3n) is 4.85. The number of benzene rings is 1. The largest absolute Gasteiger partial charge is 0.497 e. The van der Waals surface area contributed by atoms with Gasteiger partial charge in [-0.05, 0) is 36.4 Å². The summed E-state index contributed by atoms with van der Waals surface area (Å²) < 4.78 is 10.8. The van der Waals surface area contributed by atoms with Gasteiger partial charge in [-0.1, -0.05) is 0 Å². The standard InChI is InChI=1S/C21H21N5O2/c1-27-19-6-4-16(5-7-19)21-24-18(15-28-21)14-25-9-11-26(12-10-25)20-17(13-22)3-2-8-23-20/h2-8,15H,9-12,14H2,1H3. The number of ether oxygens (including phenoxy) is 1. The molecule has 28 heavy (non-hydrogen) atoms. The van der Waals surface area contributed by atoms with Crippen LogP contribution in [0.15, 0.2) is 53.3 Å². The first kappa shape index (κ1) is 18.0. The molecule has 0 amide bonds. The van der Waals surface area contributed by atoms with Crippen LogP contribution in [0.3, 0.4) is 0 Å². The van der Waals surface area contributed by atoms with Crippen LogP contribution < -0.4 is 9.64 Å². The van der Waals surface area contributed by atoms with Crippen LogP contribution >= 0.6 is 0 Å². The number of nitrogens with zero attached hydrogens (tertiary/aromatic N) is 5. The van der Waals surface area contributed by atoms with Crippen LogP contribution in [0.5, 0.6) is 5.75 Å². The van der Waals surface area contributed by atoms with Crippen molar-refractivity contribution in [1.29, 1.82) is 5.26 Å². The van der Waals surface area contributed by atoms with Crippen LogP contribution in [0.1, 0.15) is 11.3 Å². The van der Waals surface area contributed by atoms with Crippen molar-refractivity contribution in [2.45, 2.75) is 6.54 Å². The highest BCUT2D eigenvalue weighted by atomic mass is 16.5. The van der Waals surface area contributed by atoms with Crippen LogP contribution in [0.4, 0.5) is 5.82 Å². The van der Waals surface area contributed by atoms with Crippen molar-refractivity contribution < 1.29 is 9.15 Å². The fourth-order valence-corrected chi connectivity index (χ4v) is 3.33. The molecule has 1 saturated heterocycles. The van der Waals surface area contributed by atoms with Crippen molar-refractivity contribution in [3.63, 3.8) is 0 Å². The molecule has 7 nitrogen and oxygen atoms in total. The lowest BCUT2D eigenvalue weighted by atomic mass is 10.2. The van der Waals surface area contributed by atoms with Gasteiger partial charge in [-0.2, -0.15) is 5.26 Å². The minimum absolute atomic E-state index is 0.614. The molecule has 2 aromatic heterocycles. The van der Waals surface area contributed by atoms with Gasteiger partial charge in [-0.15, -0.1) is 0 Å². The Morgan fingerprint density at radius 2 is 1.93 bits per heavy atom. The molecule has 142 valence electrons. The van der Waals surface area contributed by atoms with E-state index in [1.54, 1.807) is 25.6 Å². The summed E-state index contributed by atoms with van der Waals surface area (Å²) in [6.45, 7) is 4.16. The summed E-state index contributed by atoms with van der Waals surface area (Å²) in [6, 6.07) is 13.5. The van der Waals surface area contributed by atoms with Crippen molar-refractivity contribution in [2.75, 3.05) is 38.2 Å². The van der Waals surface area contributed by atoms with Gasteiger partial charge < -0.3 is 14.1 Å². The van der Waals surface area contributed by atoms with Gasteiger partial charge in [0, 0.05) is 44.5 Å². The van der Waals surface area contributed by atoms with Gasteiger partial charge in [0.15, 0.2) is 0 Å². The second-order valence-corrected chi connectivity index (χ2v) is 6.62. The zero-order valence-corrected chi connectivity index (χ0v) is 15.7. The SMILES string of the molecule is COc1ccc(-c2nc(CN3CCN(c4ncccc4C#N)CC3)co2)cc1. The van der Waals surface area contributed by atoms with Crippen LogP contribution in [0, 0.1) is 11.3 Å². The maximum atomic E-state index is 9.27. The molecule has 3 aromatic rings. The van der Waals surface area contributed by atoms with Crippen molar-refractivity contribution in [1.82, 2.24) is 14.9 Å². The van der Waals surface area contributed by atoms with Crippen molar-refractivity contribution in [2.24, 2.45) is 0 Å². The average molecular weight is 375 g/mol. The molecule has 0 aliphatic carbocycles. The van der Waals surface area contributed by atoms with E-state index in [4.69, 9.17) is 9.15 Å². The number of oxazole rings is 1. The molecule has 0 bridgehead atoms. The molecule has 0 N–H and O–H groups in total. The quantitative estimate of drug-likeness (QED) is 0.678. The molecule has 0 radical (unpaired) electrons. The van der Waals surface area contributed by atoms with E-state index >= 15 is 0 Å². The molecule has 3 heterocycles. The summed E-state index contributed by atoms with van der Waals surface area (Å²) in [5.74, 6) is 2.19. The predicted molar refractivity (Wildman–Crippen MR) is 105 cm³/mol. The minimum atomic E-state index is 0.614. The molecular formula is C21H21N5O2. The lowest BCUT2D eigenvalue weighted by molar-refractivity contribution is 0.246. The molecular weight excluding hydrogens is 354 g/mol. The maximum absolute atomic E-state index is 9.27. The molecule has 1 aromatic carbocycles. The number of piperazine rings is 1. The Kier molecular flexibility index (Phi) is 5.22. The van der Waals surface area contributed by atoms with Gasteiger partial charge in [0.2, 0.25) is 5.89 Å². The lowest BCUT2D eigenvalue weighted by Crippen LogP contribution is -2.46. The summed E-state index contributed by atoms with van der Waals surface area (Å²) in [7, 11) is 1.65. The number of pyridine rings is 1. The number of anilines is 1. The Bertz CT molecular complexity index is 969. The summed E-state index contributed by atoms with van der Waals surface area (Å²) in [5.41, 5.74) is 2.46. The predicted octanol–water partition coefficient (Wildman–Crippen LogP) is 2.94. The highest BCUT2D eigenvalue weighted by Crippen LogP contribution is 2.23. The van der Waals surface area contributed by atoms with E-state index in [1.807, 2.05) is 30.3 Å². The number of methoxy groups -OCH3 is 1. The molecule has 0 unspecified atom stereocenters. The molecule has 0 spiro atoms. The second-order valence-electron chi connectivity index (χ2n) is 6.62. The van der Waals surface area contributed by atoms with E-state index in [1.165, 1.54) is 0 Å². The van der Waals surface area contributed by atoms with Crippen LogP contribution in [0.25, 0.3) is 11.5 Å². The number of nitriles is 1. The Balaban J connectivity index is 1.36. The van der Waals surface area contributed by atoms with Gasteiger partial charge in [-0.3, -0.25) is 4.90 Å². The summed E-state index contributed by atoms with van der Waals surface area (Å²) in [5, 5.41) is 9.27. The van der Waals surface area contributed by atoms with Crippen LogP contribution in [-0.2, 0) is 6.54 Å². The maximum Gasteiger partial charge on any atom is 0.226 e. The lowest BCUT2D eigenvalue weighted by Gasteiger charge is -2.35.